The van der Waals surface area contributed by atoms with Crippen LogP contribution in [0.5, 0.6) is 0 Å². The fourth-order valence-electron chi connectivity index (χ4n) is 2.29. The van der Waals surface area contributed by atoms with Crippen LogP contribution >= 0.6 is 11.3 Å². The van der Waals surface area contributed by atoms with Crippen LogP contribution < -0.4 is 5.73 Å². The lowest BCUT2D eigenvalue weighted by atomic mass is 10.1. The fraction of sp³-hybridized carbons (Fsp3) is 0.286. The molecule has 0 amide bonds. The van der Waals surface area contributed by atoms with Crippen molar-refractivity contribution in [2.45, 2.75) is 19.4 Å². The summed E-state index contributed by atoms with van der Waals surface area (Å²) in [5.74, 6) is 0. The molecule has 1 aromatic carbocycles. The third-order valence-corrected chi connectivity index (χ3v) is 4.24. The summed E-state index contributed by atoms with van der Waals surface area (Å²) < 4.78 is 3.02. The molecule has 0 radical (unpaired) electrons. The van der Waals surface area contributed by atoms with Gasteiger partial charge in [-0.15, -0.1) is 11.3 Å². The topological polar surface area (TPSA) is 56.7 Å². The van der Waals surface area contributed by atoms with Gasteiger partial charge in [-0.2, -0.15) is 5.10 Å². The Hall–Kier alpha value is -1.72. The van der Waals surface area contributed by atoms with Crippen LogP contribution in [-0.4, -0.2) is 14.8 Å². The predicted molar refractivity (Wildman–Crippen MR) is 78.2 cm³/mol. The van der Waals surface area contributed by atoms with Gasteiger partial charge in [-0.1, -0.05) is 12.1 Å². The van der Waals surface area contributed by atoms with Crippen molar-refractivity contribution in [1.29, 1.82) is 0 Å². The van der Waals surface area contributed by atoms with Crippen LogP contribution in [-0.2, 0) is 13.5 Å². The van der Waals surface area contributed by atoms with E-state index in [2.05, 4.69) is 16.1 Å². The van der Waals surface area contributed by atoms with Gasteiger partial charge in [-0.25, -0.2) is 4.98 Å². The molecule has 0 saturated heterocycles. The Morgan fingerprint density at radius 1 is 1.37 bits per heavy atom. The molecule has 0 bridgehead atoms. The van der Waals surface area contributed by atoms with E-state index in [-0.39, 0.29) is 6.04 Å². The summed E-state index contributed by atoms with van der Waals surface area (Å²) in [6.45, 7) is 1.99. The molecule has 19 heavy (non-hydrogen) atoms. The molecule has 4 nitrogen and oxygen atoms in total. The second-order valence-corrected chi connectivity index (χ2v) is 5.84. The summed E-state index contributed by atoms with van der Waals surface area (Å²) in [4.78, 5) is 4.63. The Kier molecular flexibility index (Phi) is 3.08. The van der Waals surface area contributed by atoms with Crippen LogP contribution in [0, 0.1) is 6.92 Å². The van der Waals surface area contributed by atoms with Gasteiger partial charge >= 0.3 is 0 Å². The highest BCUT2D eigenvalue weighted by molar-refractivity contribution is 7.18. The van der Waals surface area contributed by atoms with E-state index in [1.807, 2.05) is 43.0 Å². The highest BCUT2D eigenvalue weighted by atomic mass is 32.1. The Bertz CT molecular complexity index is 680. The van der Waals surface area contributed by atoms with Crippen molar-refractivity contribution in [2.24, 2.45) is 12.8 Å². The van der Waals surface area contributed by atoms with Crippen molar-refractivity contribution in [1.82, 2.24) is 14.8 Å². The number of para-hydroxylation sites is 1. The number of fused-ring (bicyclic) bond motifs is 1. The van der Waals surface area contributed by atoms with Gasteiger partial charge in [0.2, 0.25) is 0 Å². The molecule has 0 aliphatic carbocycles. The minimum Gasteiger partial charge on any atom is -0.323 e. The lowest BCUT2D eigenvalue weighted by molar-refractivity contribution is 0.712. The molecule has 0 aliphatic rings. The molecule has 1 unspecified atom stereocenters. The summed E-state index contributed by atoms with van der Waals surface area (Å²) in [6, 6.07) is 8.13. The second-order valence-electron chi connectivity index (χ2n) is 4.73. The lowest BCUT2D eigenvalue weighted by Gasteiger charge is -2.07. The first kappa shape index (κ1) is 12.3. The first-order valence-electron chi connectivity index (χ1n) is 6.23. The number of nitrogens with zero attached hydrogens (tertiary/aromatic N) is 3. The van der Waals surface area contributed by atoms with Crippen LogP contribution in [0.1, 0.15) is 22.3 Å². The molecular formula is C14H16N4S. The molecule has 2 N–H and O–H groups in total. The van der Waals surface area contributed by atoms with Gasteiger partial charge in [0.25, 0.3) is 0 Å². The maximum absolute atomic E-state index is 6.28. The molecule has 3 rings (SSSR count). The molecule has 98 valence electrons. The number of rotatable bonds is 3. The van der Waals surface area contributed by atoms with Gasteiger partial charge in [0, 0.05) is 31.3 Å². The van der Waals surface area contributed by atoms with E-state index >= 15 is 0 Å². The number of hydrogen-bond donors (Lipinski definition) is 1. The van der Waals surface area contributed by atoms with Crippen LogP contribution in [0.4, 0.5) is 0 Å². The van der Waals surface area contributed by atoms with E-state index in [0.29, 0.717) is 0 Å². The maximum Gasteiger partial charge on any atom is 0.0957 e. The Morgan fingerprint density at radius 3 is 2.84 bits per heavy atom. The van der Waals surface area contributed by atoms with Crippen molar-refractivity contribution < 1.29 is 0 Å². The van der Waals surface area contributed by atoms with Crippen molar-refractivity contribution in [2.75, 3.05) is 0 Å². The van der Waals surface area contributed by atoms with Crippen molar-refractivity contribution in [3.63, 3.8) is 0 Å². The number of aryl methyl sites for hydroxylation is 2. The molecule has 5 heteroatoms. The third kappa shape index (κ3) is 2.39. The normalized spacial score (nSPS) is 13.0. The zero-order chi connectivity index (χ0) is 13.4. The number of aromatic nitrogens is 3. The number of thiazole rings is 1. The molecule has 3 aromatic rings. The van der Waals surface area contributed by atoms with Crippen LogP contribution in [0.15, 0.2) is 30.5 Å². The van der Waals surface area contributed by atoms with Gasteiger partial charge < -0.3 is 5.73 Å². The Balaban J connectivity index is 1.86. The molecule has 2 aromatic heterocycles. The monoisotopic (exact) mass is 272 g/mol. The second kappa shape index (κ2) is 4.75. The molecule has 0 spiro atoms. The van der Waals surface area contributed by atoms with Crippen LogP contribution in [0.25, 0.3) is 10.2 Å². The lowest BCUT2D eigenvalue weighted by Crippen LogP contribution is -2.13. The van der Waals surface area contributed by atoms with E-state index < -0.39 is 0 Å². The molecule has 1 atom stereocenters. The highest BCUT2D eigenvalue weighted by Crippen LogP contribution is 2.25. The van der Waals surface area contributed by atoms with Gasteiger partial charge in [0.1, 0.15) is 0 Å². The summed E-state index contributed by atoms with van der Waals surface area (Å²) in [6.07, 6.45) is 2.75. The van der Waals surface area contributed by atoms with Gasteiger partial charge in [0.15, 0.2) is 0 Å². The van der Waals surface area contributed by atoms with Crippen molar-refractivity contribution in [3.8, 4) is 0 Å². The smallest absolute Gasteiger partial charge is 0.0957 e. The van der Waals surface area contributed by atoms with Crippen LogP contribution in [0.3, 0.4) is 0 Å². The van der Waals surface area contributed by atoms with Gasteiger partial charge in [-0.05, 0) is 19.1 Å². The average molecular weight is 272 g/mol. The summed E-state index contributed by atoms with van der Waals surface area (Å²) in [5, 5.41) is 5.42. The minimum absolute atomic E-state index is 0.0470. The standard InChI is InChI=1S/C14H16N4S/c1-9-10(8-18(2)17-9)11(15)7-14-16-12-5-3-4-6-13(12)19-14/h3-6,8,11H,7,15H2,1-2H3. The first-order chi connectivity index (χ1) is 9.13. The maximum atomic E-state index is 6.28. The molecule has 0 aliphatic heterocycles. The van der Waals surface area contributed by atoms with E-state index in [1.165, 1.54) is 4.70 Å². The van der Waals surface area contributed by atoms with E-state index in [9.17, 15) is 0 Å². The summed E-state index contributed by atoms with van der Waals surface area (Å²) in [5.41, 5.74) is 9.42. The number of hydrogen-bond acceptors (Lipinski definition) is 4. The number of benzene rings is 1. The summed E-state index contributed by atoms with van der Waals surface area (Å²) >= 11 is 1.71. The van der Waals surface area contributed by atoms with Gasteiger partial charge in [0.05, 0.1) is 20.9 Å². The summed E-state index contributed by atoms with van der Waals surface area (Å²) in [7, 11) is 1.92. The minimum atomic E-state index is -0.0470. The third-order valence-electron chi connectivity index (χ3n) is 3.18. The Morgan fingerprint density at radius 2 is 2.16 bits per heavy atom. The van der Waals surface area contributed by atoms with E-state index in [1.54, 1.807) is 11.3 Å². The fourth-order valence-corrected chi connectivity index (χ4v) is 3.31. The van der Waals surface area contributed by atoms with Crippen molar-refractivity contribution in [3.05, 3.63) is 46.7 Å². The predicted octanol–water partition coefficient (Wildman–Crippen LogP) is 2.58. The first-order valence-corrected chi connectivity index (χ1v) is 7.05. The van der Waals surface area contributed by atoms with E-state index in [0.717, 1.165) is 28.2 Å². The van der Waals surface area contributed by atoms with Gasteiger partial charge in [-0.3, -0.25) is 4.68 Å². The quantitative estimate of drug-likeness (QED) is 0.797. The molecule has 0 saturated carbocycles. The molecular weight excluding hydrogens is 256 g/mol. The average Bonchev–Trinajstić information content (AvgIpc) is 2.91. The molecule has 2 heterocycles. The molecule has 0 fully saturated rings. The zero-order valence-corrected chi connectivity index (χ0v) is 11.8. The van der Waals surface area contributed by atoms with E-state index in [4.69, 9.17) is 5.73 Å². The van der Waals surface area contributed by atoms with Crippen molar-refractivity contribution >= 4 is 21.6 Å². The zero-order valence-electron chi connectivity index (χ0n) is 11.0. The SMILES string of the molecule is Cc1nn(C)cc1C(N)Cc1nc2ccccc2s1. The highest BCUT2D eigenvalue weighted by Gasteiger charge is 2.15. The largest absolute Gasteiger partial charge is 0.323 e. The Labute approximate surface area is 115 Å². The van der Waals surface area contributed by atoms with Crippen LogP contribution in [0.2, 0.25) is 0 Å². The number of nitrogens with two attached hydrogens (primary N) is 1.